The van der Waals surface area contributed by atoms with Crippen molar-refractivity contribution in [2.75, 3.05) is 6.54 Å². The first-order valence-electron chi connectivity index (χ1n) is 6.92. The van der Waals surface area contributed by atoms with Gasteiger partial charge >= 0.3 is 0 Å². The number of nitrogens with two attached hydrogens (primary N) is 1. The Bertz CT molecular complexity index is 688. The summed E-state index contributed by atoms with van der Waals surface area (Å²) < 4.78 is 2.26. The molecule has 4 heteroatoms. The number of pyridine rings is 1. The minimum atomic E-state index is 0.618. The maximum Gasteiger partial charge on any atom is 0.111 e. The molecule has 3 aromatic rings. The van der Waals surface area contributed by atoms with Crippen molar-refractivity contribution in [3.05, 3.63) is 60.2 Å². The highest BCUT2D eigenvalue weighted by atomic mass is 15.1. The van der Waals surface area contributed by atoms with Crippen LogP contribution in [0.25, 0.3) is 11.0 Å². The molecule has 0 saturated heterocycles. The third kappa shape index (κ3) is 2.56. The lowest BCUT2D eigenvalue weighted by Crippen LogP contribution is -2.11. The van der Waals surface area contributed by atoms with Gasteiger partial charge in [0, 0.05) is 31.3 Å². The number of nitrogens with zero attached hydrogens (tertiary/aromatic N) is 3. The summed E-state index contributed by atoms with van der Waals surface area (Å²) in [7, 11) is 0. The Labute approximate surface area is 118 Å². The van der Waals surface area contributed by atoms with Crippen LogP contribution in [-0.2, 0) is 19.4 Å². The van der Waals surface area contributed by atoms with Crippen molar-refractivity contribution in [3.8, 4) is 0 Å². The van der Waals surface area contributed by atoms with Crippen molar-refractivity contribution in [2.24, 2.45) is 5.73 Å². The second-order valence-electron chi connectivity index (χ2n) is 4.78. The maximum absolute atomic E-state index is 5.69. The average molecular weight is 266 g/mol. The Hall–Kier alpha value is -2.20. The second kappa shape index (κ2) is 5.84. The minimum Gasteiger partial charge on any atom is -0.330 e. The Morgan fingerprint density at radius 1 is 1.00 bits per heavy atom. The van der Waals surface area contributed by atoms with E-state index in [0.717, 1.165) is 36.4 Å². The minimum absolute atomic E-state index is 0.618. The van der Waals surface area contributed by atoms with Gasteiger partial charge < -0.3 is 10.3 Å². The van der Waals surface area contributed by atoms with E-state index in [1.54, 1.807) is 0 Å². The molecule has 3 rings (SSSR count). The quantitative estimate of drug-likeness (QED) is 0.770. The van der Waals surface area contributed by atoms with Crippen LogP contribution in [0.2, 0.25) is 0 Å². The van der Waals surface area contributed by atoms with Crippen LogP contribution >= 0.6 is 0 Å². The zero-order valence-corrected chi connectivity index (χ0v) is 11.4. The highest BCUT2D eigenvalue weighted by molar-refractivity contribution is 5.75. The van der Waals surface area contributed by atoms with E-state index in [4.69, 9.17) is 5.73 Å². The van der Waals surface area contributed by atoms with Crippen LogP contribution in [0.3, 0.4) is 0 Å². The topological polar surface area (TPSA) is 56.7 Å². The van der Waals surface area contributed by atoms with E-state index < -0.39 is 0 Å². The molecule has 0 atom stereocenters. The summed E-state index contributed by atoms with van der Waals surface area (Å²) in [5, 5.41) is 0. The maximum atomic E-state index is 5.69. The van der Waals surface area contributed by atoms with Gasteiger partial charge in [-0.25, -0.2) is 4.98 Å². The van der Waals surface area contributed by atoms with Crippen LogP contribution in [-0.4, -0.2) is 21.1 Å². The van der Waals surface area contributed by atoms with Crippen molar-refractivity contribution in [3.63, 3.8) is 0 Å². The summed E-state index contributed by atoms with van der Waals surface area (Å²) in [5.41, 5.74) is 9.01. The molecule has 0 amide bonds. The standard InChI is InChI=1S/C16H18N4/c17-10-8-16-19-14-6-1-2-7-15(14)20(16)12-9-13-5-3-4-11-18-13/h1-7,11H,8-10,12,17H2. The first-order chi connectivity index (χ1) is 9.88. The highest BCUT2D eigenvalue weighted by Gasteiger charge is 2.09. The van der Waals surface area contributed by atoms with Crippen LogP contribution < -0.4 is 5.73 Å². The molecule has 0 aliphatic carbocycles. The number of aromatic nitrogens is 3. The zero-order valence-electron chi connectivity index (χ0n) is 11.4. The molecule has 2 N–H and O–H groups in total. The lowest BCUT2D eigenvalue weighted by atomic mass is 10.2. The Kier molecular flexibility index (Phi) is 3.74. The Morgan fingerprint density at radius 3 is 2.65 bits per heavy atom. The molecule has 4 nitrogen and oxygen atoms in total. The highest BCUT2D eigenvalue weighted by Crippen LogP contribution is 2.17. The SMILES string of the molecule is NCCc1nc2ccccc2n1CCc1ccccn1. The van der Waals surface area contributed by atoms with E-state index in [9.17, 15) is 0 Å². The molecule has 1 aromatic carbocycles. The average Bonchev–Trinajstić information content (AvgIpc) is 2.84. The Balaban J connectivity index is 1.90. The molecule has 0 fully saturated rings. The molecule has 2 heterocycles. The smallest absolute Gasteiger partial charge is 0.111 e. The zero-order chi connectivity index (χ0) is 13.8. The van der Waals surface area contributed by atoms with Gasteiger partial charge in [0.25, 0.3) is 0 Å². The van der Waals surface area contributed by atoms with Gasteiger partial charge in [-0.3, -0.25) is 4.98 Å². The van der Waals surface area contributed by atoms with Crippen LogP contribution in [0.4, 0.5) is 0 Å². The summed E-state index contributed by atoms with van der Waals surface area (Å²) in [6, 6.07) is 14.2. The van der Waals surface area contributed by atoms with E-state index in [1.165, 1.54) is 5.52 Å². The molecule has 0 radical (unpaired) electrons. The number of rotatable bonds is 5. The van der Waals surface area contributed by atoms with Crippen molar-refractivity contribution >= 4 is 11.0 Å². The second-order valence-corrected chi connectivity index (χ2v) is 4.78. The fourth-order valence-corrected chi connectivity index (χ4v) is 2.47. The molecule has 0 aliphatic rings. The Morgan fingerprint density at radius 2 is 1.85 bits per heavy atom. The molecule has 0 bridgehead atoms. The van der Waals surface area contributed by atoms with Gasteiger partial charge in [0.05, 0.1) is 11.0 Å². The van der Waals surface area contributed by atoms with Gasteiger partial charge in [-0.15, -0.1) is 0 Å². The first kappa shape index (κ1) is 12.8. The van der Waals surface area contributed by atoms with Crippen LogP contribution in [0.15, 0.2) is 48.7 Å². The van der Waals surface area contributed by atoms with Crippen LogP contribution in [0.5, 0.6) is 0 Å². The summed E-state index contributed by atoms with van der Waals surface area (Å²) in [5.74, 6) is 1.06. The number of para-hydroxylation sites is 2. The van der Waals surface area contributed by atoms with Gasteiger partial charge in [0.2, 0.25) is 0 Å². The number of aryl methyl sites for hydroxylation is 2. The van der Waals surface area contributed by atoms with Gasteiger partial charge in [-0.2, -0.15) is 0 Å². The van der Waals surface area contributed by atoms with E-state index in [0.29, 0.717) is 6.54 Å². The van der Waals surface area contributed by atoms with Crippen molar-refractivity contribution < 1.29 is 0 Å². The van der Waals surface area contributed by atoms with E-state index in [2.05, 4.69) is 26.7 Å². The predicted octanol–water partition coefficient (Wildman–Crippen LogP) is 2.18. The molecule has 102 valence electrons. The third-order valence-corrected chi connectivity index (χ3v) is 3.42. The summed E-state index contributed by atoms with van der Waals surface area (Å²) in [4.78, 5) is 9.05. The molecular weight excluding hydrogens is 248 g/mol. The van der Waals surface area contributed by atoms with Gasteiger partial charge in [0.1, 0.15) is 5.82 Å². The van der Waals surface area contributed by atoms with Crippen molar-refractivity contribution in [1.82, 2.24) is 14.5 Å². The third-order valence-electron chi connectivity index (χ3n) is 3.42. The first-order valence-corrected chi connectivity index (χ1v) is 6.92. The van der Waals surface area contributed by atoms with E-state index >= 15 is 0 Å². The lowest BCUT2D eigenvalue weighted by molar-refractivity contribution is 0.658. The fourth-order valence-electron chi connectivity index (χ4n) is 2.47. The summed E-state index contributed by atoms with van der Waals surface area (Å²) in [6.45, 7) is 1.50. The van der Waals surface area contributed by atoms with E-state index in [-0.39, 0.29) is 0 Å². The van der Waals surface area contributed by atoms with Gasteiger partial charge in [-0.05, 0) is 30.8 Å². The van der Waals surface area contributed by atoms with Crippen molar-refractivity contribution in [2.45, 2.75) is 19.4 Å². The van der Waals surface area contributed by atoms with Crippen LogP contribution in [0, 0.1) is 0 Å². The normalized spacial score (nSPS) is 11.1. The molecule has 0 aliphatic heterocycles. The lowest BCUT2D eigenvalue weighted by Gasteiger charge is -2.08. The van der Waals surface area contributed by atoms with E-state index in [1.807, 2.05) is 36.5 Å². The summed E-state index contributed by atoms with van der Waals surface area (Å²) >= 11 is 0. The van der Waals surface area contributed by atoms with Gasteiger partial charge in [0.15, 0.2) is 0 Å². The fraction of sp³-hybridized carbons (Fsp3) is 0.250. The molecule has 20 heavy (non-hydrogen) atoms. The molecule has 0 unspecified atom stereocenters. The predicted molar refractivity (Wildman–Crippen MR) is 80.4 cm³/mol. The number of fused-ring (bicyclic) bond motifs is 1. The monoisotopic (exact) mass is 266 g/mol. The largest absolute Gasteiger partial charge is 0.330 e. The van der Waals surface area contributed by atoms with Crippen LogP contribution in [0.1, 0.15) is 11.5 Å². The number of benzene rings is 1. The number of imidazole rings is 1. The summed E-state index contributed by atoms with van der Waals surface area (Å²) in [6.07, 6.45) is 3.54. The number of hydrogen-bond acceptors (Lipinski definition) is 3. The van der Waals surface area contributed by atoms with Crippen molar-refractivity contribution in [1.29, 1.82) is 0 Å². The number of hydrogen-bond donors (Lipinski definition) is 1. The molecule has 0 spiro atoms. The van der Waals surface area contributed by atoms with Gasteiger partial charge in [-0.1, -0.05) is 18.2 Å². The molecule has 2 aromatic heterocycles. The molecule has 0 saturated carbocycles. The molecular formula is C16H18N4.